The van der Waals surface area contributed by atoms with Gasteiger partial charge in [0, 0.05) is 5.56 Å². The van der Waals surface area contributed by atoms with E-state index in [1.807, 2.05) is 30.3 Å². The van der Waals surface area contributed by atoms with Gasteiger partial charge in [0.05, 0.1) is 27.8 Å². The highest BCUT2D eigenvalue weighted by Gasteiger charge is 2.12. The Bertz CT molecular complexity index is 832. The van der Waals surface area contributed by atoms with Crippen LogP contribution in [0.15, 0.2) is 59.2 Å². The number of benzene rings is 2. The minimum absolute atomic E-state index is 0.0825. The van der Waals surface area contributed by atoms with Crippen molar-refractivity contribution in [1.82, 2.24) is 4.98 Å². The Morgan fingerprint density at radius 3 is 2.65 bits per heavy atom. The largest absolute Gasteiger partial charge is 0.444 e. The number of amides is 1. The summed E-state index contributed by atoms with van der Waals surface area (Å²) in [5, 5.41) is 3.41. The standard InChI is InChI=1S/C17H12Cl2N2O2/c18-13-7-4-8-14(16(13)19)21-15(22)9-12-10-23-17(20-12)11-5-2-1-3-6-11/h1-8,10H,9H2,(H,21,22). The second-order valence-corrected chi connectivity index (χ2v) is 5.62. The van der Waals surface area contributed by atoms with Crippen LogP contribution < -0.4 is 5.32 Å². The van der Waals surface area contributed by atoms with Crippen molar-refractivity contribution in [2.75, 3.05) is 5.32 Å². The van der Waals surface area contributed by atoms with Crippen LogP contribution in [0.1, 0.15) is 5.69 Å². The zero-order valence-corrected chi connectivity index (χ0v) is 13.4. The molecule has 1 amide bonds. The van der Waals surface area contributed by atoms with Gasteiger partial charge >= 0.3 is 0 Å². The first kappa shape index (κ1) is 15.6. The summed E-state index contributed by atoms with van der Waals surface area (Å²) in [6, 6.07) is 14.5. The van der Waals surface area contributed by atoms with E-state index in [0.717, 1.165) is 5.56 Å². The molecule has 0 fully saturated rings. The Hall–Kier alpha value is -2.30. The number of carbonyl (C=O) groups excluding carboxylic acids is 1. The fraction of sp³-hybridized carbons (Fsp3) is 0.0588. The number of aromatic nitrogens is 1. The Morgan fingerprint density at radius 1 is 1.09 bits per heavy atom. The third kappa shape index (κ3) is 3.73. The Balaban J connectivity index is 1.69. The van der Waals surface area contributed by atoms with Crippen molar-refractivity contribution in [3.05, 3.63) is 70.5 Å². The van der Waals surface area contributed by atoms with Crippen molar-refractivity contribution in [2.24, 2.45) is 0 Å². The molecule has 2 aromatic carbocycles. The van der Waals surface area contributed by atoms with Gasteiger partial charge in [-0.1, -0.05) is 47.5 Å². The van der Waals surface area contributed by atoms with Gasteiger partial charge in [0.2, 0.25) is 11.8 Å². The van der Waals surface area contributed by atoms with E-state index in [1.165, 1.54) is 6.26 Å². The lowest BCUT2D eigenvalue weighted by Crippen LogP contribution is -2.14. The van der Waals surface area contributed by atoms with E-state index in [1.54, 1.807) is 18.2 Å². The van der Waals surface area contributed by atoms with Crippen LogP contribution in [-0.2, 0) is 11.2 Å². The van der Waals surface area contributed by atoms with Crippen LogP contribution in [0.25, 0.3) is 11.5 Å². The Morgan fingerprint density at radius 2 is 1.87 bits per heavy atom. The molecule has 0 radical (unpaired) electrons. The molecule has 1 heterocycles. The lowest BCUT2D eigenvalue weighted by atomic mass is 10.2. The second-order valence-electron chi connectivity index (χ2n) is 4.84. The van der Waals surface area contributed by atoms with Crippen LogP contribution in [0.2, 0.25) is 10.0 Å². The molecule has 0 aliphatic heterocycles. The molecule has 0 bridgehead atoms. The first-order valence-corrected chi connectivity index (χ1v) is 7.63. The molecule has 0 aliphatic rings. The molecule has 3 aromatic rings. The van der Waals surface area contributed by atoms with E-state index >= 15 is 0 Å². The third-order valence-electron chi connectivity index (χ3n) is 3.14. The third-order valence-corrected chi connectivity index (χ3v) is 3.96. The monoisotopic (exact) mass is 346 g/mol. The average molecular weight is 347 g/mol. The maximum Gasteiger partial charge on any atom is 0.230 e. The van der Waals surface area contributed by atoms with Gasteiger partial charge in [0.1, 0.15) is 6.26 Å². The van der Waals surface area contributed by atoms with Gasteiger partial charge < -0.3 is 9.73 Å². The number of halogens is 2. The topological polar surface area (TPSA) is 55.1 Å². The van der Waals surface area contributed by atoms with Crippen LogP contribution in [0.4, 0.5) is 5.69 Å². The lowest BCUT2D eigenvalue weighted by molar-refractivity contribution is -0.115. The molecule has 0 saturated carbocycles. The molecule has 116 valence electrons. The molecule has 1 N–H and O–H groups in total. The summed E-state index contributed by atoms with van der Waals surface area (Å²) in [6.07, 6.45) is 1.56. The van der Waals surface area contributed by atoms with E-state index < -0.39 is 0 Å². The van der Waals surface area contributed by atoms with Crippen molar-refractivity contribution in [2.45, 2.75) is 6.42 Å². The van der Waals surface area contributed by atoms with Crippen molar-refractivity contribution in [3.63, 3.8) is 0 Å². The van der Waals surface area contributed by atoms with Crippen LogP contribution in [0.3, 0.4) is 0 Å². The van der Waals surface area contributed by atoms with E-state index in [-0.39, 0.29) is 12.3 Å². The number of hydrogen-bond donors (Lipinski definition) is 1. The summed E-state index contributed by atoms with van der Waals surface area (Å²) in [6.45, 7) is 0. The zero-order valence-electron chi connectivity index (χ0n) is 11.9. The fourth-order valence-electron chi connectivity index (χ4n) is 2.06. The van der Waals surface area contributed by atoms with Crippen LogP contribution in [-0.4, -0.2) is 10.9 Å². The molecule has 4 nitrogen and oxygen atoms in total. The predicted octanol–water partition coefficient (Wildman–Crippen LogP) is 4.83. The fourth-order valence-corrected chi connectivity index (χ4v) is 2.41. The van der Waals surface area contributed by atoms with Crippen LogP contribution in [0.5, 0.6) is 0 Å². The van der Waals surface area contributed by atoms with Gasteiger partial charge in [-0.25, -0.2) is 4.98 Å². The van der Waals surface area contributed by atoms with Gasteiger partial charge in [-0.15, -0.1) is 0 Å². The number of oxazole rings is 1. The van der Waals surface area contributed by atoms with E-state index in [4.69, 9.17) is 27.6 Å². The van der Waals surface area contributed by atoms with Gasteiger partial charge in [-0.05, 0) is 24.3 Å². The van der Waals surface area contributed by atoms with Gasteiger partial charge in [0.25, 0.3) is 0 Å². The smallest absolute Gasteiger partial charge is 0.230 e. The first-order chi connectivity index (χ1) is 11.1. The highest BCUT2D eigenvalue weighted by molar-refractivity contribution is 6.43. The quantitative estimate of drug-likeness (QED) is 0.735. The SMILES string of the molecule is O=C(Cc1coc(-c2ccccc2)n1)Nc1cccc(Cl)c1Cl. The molecule has 0 spiro atoms. The summed E-state index contributed by atoms with van der Waals surface area (Å²) in [4.78, 5) is 16.4. The summed E-state index contributed by atoms with van der Waals surface area (Å²) in [5.41, 5.74) is 1.87. The summed E-state index contributed by atoms with van der Waals surface area (Å²) >= 11 is 12.0. The molecule has 6 heteroatoms. The highest BCUT2D eigenvalue weighted by atomic mass is 35.5. The van der Waals surface area contributed by atoms with Crippen molar-refractivity contribution >= 4 is 34.8 Å². The summed E-state index contributed by atoms with van der Waals surface area (Å²) in [5.74, 6) is 0.233. The van der Waals surface area contributed by atoms with E-state index in [9.17, 15) is 4.79 Å². The Kier molecular flexibility index (Phi) is 4.65. The molecule has 23 heavy (non-hydrogen) atoms. The summed E-state index contributed by atoms with van der Waals surface area (Å²) < 4.78 is 5.41. The average Bonchev–Trinajstić information content (AvgIpc) is 3.01. The number of anilines is 1. The number of nitrogens with one attached hydrogen (secondary N) is 1. The van der Waals surface area contributed by atoms with Crippen LogP contribution >= 0.6 is 23.2 Å². The van der Waals surface area contributed by atoms with Gasteiger partial charge in [-0.3, -0.25) is 4.79 Å². The molecule has 0 aliphatic carbocycles. The minimum Gasteiger partial charge on any atom is -0.444 e. The maximum atomic E-state index is 12.1. The number of carbonyl (C=O) groups is 1. The first-order valence-electron chi connectivity index (χ1n) is 6.87. The van der Waals surface area contributed by atoms with Crippen molar-refractivity contribution in [1.29, 1.82) is 0 Å². The molecule has 0 atom stereocenters. The lowest BCUT2D eigenvalue weighted by Gasteiger charge is -2.07. The molecule has 0 unspecified atom stereocenters. The molecular formula is C17H12Cl2N2O2. The number of nitrogens with zero attached hydrogens (tertiary/aromatic N) is 1. The van der Waals surface area contributed by atoms with Crippen molar-refractivity contribution in [3.8, 4) is 11.5 Å². The number of hydrogen-bond acceptors (Lipinski definition) is 3. The normalized spacial score (nSPS) is 10.5. The molecule has 3 rings (SSSR count). The molecule has 0 saturated heterocycles. The van der Waals surface area contributed by atoms with Crippen molar-refractivity contribution < 1.29 is 9.21 Å². The number of rotatable bonds is 4. The molecule has 1 aromatic heterocycles. The van der Waals surface area contributed by atoms with E-state index in [0.29, 0.717) is 27.3 Å². The highest BCUT2D eigenvalue weighted by Crippen LogP contribution is 2.29. The summed E-state index contributed by atoms with van der Waals surface area (Å²) in [7, 11) is 0. The minimum atomic E-state index is -0.248. The maximum absolute atomic E-state index is 12.1. The van der Waals surface area contributed by atoms with Gasteiger partial charge in [0.15, 0.2) is 0 Å². The van der Waals surface area contributed by atoms with Gasteiger partial charge in [-0.2, -0.15) is 0 Å². The Labute approximate surface area is 143 Å². The second kappa shape index (κ2) is 6.86. The van der Waals surface area contributed by atoms with Crippen LogP contribution in [0, 0.1) is 0 Å². The van der Waals surface area contributed by atoms with E-state index in [2.05, 4.69) is 10.3 Å². The zero-order chi connectivity index (χ0) is 16.2. The predicted molar refractivity (Wildman–Crippen MR) is 90.7 cm³/mol. The molecular weight excluding hydrogens is 335 g/mol.